The van der Waals surface area contributed by atoms with Gasteiger partial charge in [-0.25, -0.2) is 8.78 Å². The largest absolute Gasteiger partial charge is 0.314 e. The van der Waals surface area contributed by atoms with E-state index in [4.69, 9.17) is 11.6 Å². The normalized spacial score (nSPS) is 12.4. The summed E-state index contributed by atoms with van der Waals surface area (Å²) >= 11 is 6.10. The van der Waals surface area contributed by atoms with Crippen molar-refractivity contribution in [3.63, 3.8) is 0 Å². The summed E-state index contributed by atoms with van der Waals surface area (Å²) in [6.07, 6.45) is 4.29. The monoisotopic (exact) mass is 310 g/mol. The van der Waals surface area contributed by atoms with Gasteiger partial charge in [0.2, 0.25) is 0 Å². The molecule has 1 aromatic heterocycles. The van der Waals surface area contributed by atoms with Gasteiger partial charge in [-0.15, -0.1) is 0 Å². The molecule has 0 aliphatic heterocycles. The summed E-state index contributed by atoms with van der Waals surface area (Å²) in [7, 11) is 0. The van der Waals surface area contributed by atoms with Crippen LogP contribution in [0.15, 0.2) is 36.7 Å². The molecule has 0 amide bonds. The second-order valence-electron chi connectivity index (χ2n) is 4.84. The standard InChI is InChI=1S/C16H17ClF2N2/c1-2-21-13(8-11-6-7-20-10-14(11)17)9-12-4-3-5-15(18)16(12)19/h3-7,10,13,21H,2,8-9H2,1H3. The number of rotatable bonds is 6. The van der Waals surface area contributed by atoms with E-state index >= 15 is 0 Å². The molecule has 0 spiro atoms. The summed E-state index contributed by atoms with van der Waals surface area (Å²) in [6.45, 7) is 2.72. The number of pyridine rings is 1. The number of hydrogen-bond donors (Lipinski definition) is 1. The molecule has 1 unspecified atom stereocenters. The number of benzene rings is 1. The van der Waals surface area contributed by atoms with Crippen LogP contribution in [0.1, 0.15) is 18.1 Å². The van der Waals surface area contributed by atoms with Crippen LogP contribution >= 0.6 is 11.6 Å². The van der Waals surface area contributed by atoms with Gasteiger partial charge in [0.05, 0.1) is 5.02 Å². The number of nitrogens with one attached hydrogen (secondary N) is 1. The summed E-state index contributed by atoms with van der Waals surface area (Å²) in [5, 5.41) is 3.87. The molecular weight excluding hydrogens is 294 g/mol. The van der Waals surface area contributed by atoms with E-state index < -0.39 is 11.6 Å². The molecule has 112 valence electrons. The van der Waals surface area contributed by atoms with Crippen LogP contribution in [0.25, 0.3) is 0 Å². The summed E-state index contributed by atoms with van der Waals surface area (Å²) in [6, 6.07) is 6.08. The number of halogens is 3. The Labute approximate surface area is 128 Å². The van der Waals surface area contributed by atoms with Crippen LogP contribution in [-0.2, 0) is 12.8 Å². The highest BCUT2D eigenvalue weighted by molar-refractivity contribution is 6.31. The molecular formula is C16H17ClF2N2. The fourth-order valence-corrected chi connectivity index (χ4v) is 2.51. The van der Waals surface area contributed by atoms with E-state index in [1.54, 1.807) is 18.5 Å². The van der Waals surface area contributed by atoms with Crippen molar-refractivity contribution >= 4 is 11.6 Å². The predicted octanol–water partition coefficient (Wildman–Crippen LogP) is 3.78. The number of likely N-dealkylation sites (N-methyl/N-ethyl adjacent to an activating group) is 1. The molecule has 1 atom stereocenters. The molecule has 0 aliphatic rings. The molecule has 1 heterocycles. The average molecular weight is 311 g/mol. The highest BCUT2D eigenvalue weighted by Gasteiger charge is 2.15. The van der Waals surface area contributed by atoms with E-state index in [-0.39, 0.29) is 6.04 Å². The molecule has 0 saturated heterocycles. The quantitative estimate of drug-likeness (QED) is 0.878. The molecule has 0 radical (unpaired) electrons. The lowest BCUT2D eigenvalue weighted by Gasteiger charge is -2.19. The van der Waals surface area contributed by atoms with E-state index in [9.17, 15) is 8.78 Å². The molecule has 0 fully saturated rings. The summed E-state index contributed by atoms with van der Waals surface area (Å²) in [4.78, 5) is 3.95. The third-order valence-corrected chi connectivity index (χ3v) is 3.65. The number of hydrogen-bond acceptors (Lipinski definition) is 2. The molecule has 2 nitrogen and oxygen atoms in total. The minimum absolute atomic E-state index is 0.0220. The summed E-state index contributed by atoms with van der Waals surface area (Å²) in [5.41, 5.74) is 1.31. The molecule has 1 aromatic carbocycles. The maximum atomic E-state index is 13.8. The Bertz CT molecular complexity index is 605. The van der Waals surface area contributed by atoms with Crippen molar-refractivity contribution in [1.82, 2.24) is 10.3 Å². The minimum atomic E-state index is -0.815. The van der Waals surface area contributed by atoms with E-state index in [0.29, 0.717) is 23.4 Å². The third-order valence-electron chi connectivity index (χ3n) is 3.31. The lowest BCUT2D eigenvalue weighted by atomic mass is 9.99. The Morgan fingerprint density at radius 3 is 2.67 bits per heavy atom. The van der Waals surface area contributed by atoms with Gasteiger partial charge in [-0.2, -0.15) is 0 Å². The first kappa shape index (κ1) is 15.9. The minimum Gasteiger partial charge on any atom is -0.314 e. The highest BCUT2D eigenvalue weighted by atomic mass is 35.5. The van der Waals surface area contributed by atoms with E-state index in [1.807, 2.05) is 13.0 Å². The van der Waals surface area contributed by atoms with Crippen molar-refractivity contribution in [2.45, 2.75) is 25.8 Å². The molecule has 5 heteroatoms. The Morgan fingerprint density at radius 1 is 1.19 bits per heavy atom. The highest BCUT2D eigenvalue weighted by Crippen LogP contribution is 2.19. The van der Waals surface area contributed by atoms with Gasteiger partial charge in [0.25, 0.3) is 0 Å². The molecule has 1 N–H and O–H groups in total. The fourth-order valence-electron chi connectivity index (χ4n) is 2.31. The molecule has 2 aromatic rings. The first-order valence-electron chi connectivity index (χ1n) is 6.86. The van der Waals surface area contributed by atoms with Crippen molar-refractivity contribution < 1.29 is 8.78 Å². The molecule has 0 aliphatic carbocycles. The van der Waals surface area contributed by atoms with Gasteiger partial charge in [0.15, 0.2) is 11.6 Å². The van der Waals surface area contributed by atoms with Gasteiger partial charge in [0.1, 0.15) is 0 Å². The Hall–Kier alpha value is -1.52. The zero-order chi connectivity index (χ0) is 15.2. The van der Waals surface area contributed by atoms with E-state index in [1.165, 1.54) is 6.07 Å². The maximum Gasteiger partial charge on any atom is 0.162 e. The smallest absolute Gasteiger partial charge is 0.162 e. The van der Waals surface area contributed by atoms with Crippen molar-refractivity contribution in [1.29, 1.82) is 0 Å². The average Bonchev–Trinajstić information content (AvgIpc) is 2.46. The Balaban J connectivity index is 2.16. The van der Waals surface area contributed by atoms with Crippen LogP contribution in [0.5, 0.6) is 0 Å². The van der Waals surface area contributed by atoms with Gasteiger partial charge < -0.3 is 5.32 Å². The maximum absolute atomic E-state index is 13.8. The zero-order valence-electron chi connectivity index (χ0n) is 11.7. The second kappa shape index (κ2) is 7.48. The third kappa shape index (κ3) is 4.22. The lowest BCUT2D eigenvalue weighted by Crippen LogP contribution is -2.33. The van der Waals surface area contributed by atoms with Gasteiger partial charge in [0, 0.05) is 18.4 Å². The van der Waals surface area contributed by atoms with Crippen LogP contribution in [0.2, 0.25) is 5.02 Å². The van der Waals surface area contributed by atoms with Crippen LogP contribution in [0.4, 0.5) is 8.78 Å². The fraction of sp³-hybridized carbons (Fsp3) is 0.312. The van der Waals surface area contributed by atoms with Gasteiger partial charge in [-0.1, -0.05) is 30.7 Å². The van der Waals surface area contributed by atoms with Crippen molar-refractivity contribution in [2.75, 3.05) is 6.54 Å². The van der Waals surface area contributed by atoms with Crippen molar-refractivity contribution in [3.8, 4) is 0 Å². The van der Waals surface area contributed by atoms with E-state index in [2.05, 4.69) is 10.3 Å². The number of nitrogens with zero attached hydrogens (tertiary/aromatic N) is 1. The predicted molar refractivity (Wildman–Crippen MR) is 80.5 cm³/mol. The first-order chi connectivity index (χ1) is 10.1. The first-order valence-corrected chi connectivity index (χ1v) is 7.24. The molecule has 2 rings (SSSR count). The van der Waals surface area contributed by atoms with Crippen molar-refractivity contribution in [2.24, 2.45) is 0 Å². The van der Waals surface area contributed by atoms with Gasteiger partial charge >= 0.3 is 0 Å². The second-order valence-corrected chi connectivity index (χ2v) is 5.25. The molecule has 21 heavy (non-hydrogen) atoms. The summed E-state index contributed by atoms with van der Waals surface area (Å²) < 4.78 is 27.1. The van der Waals surface area contributed by atoms with Gasteiger partial charge in [-0.3, -0.25) is 4.98 Å². The molecule has 0 saturated carbocycles. The zero-order valence-corrected chi connectivity index (χ0v) is 12.5. The van der Waals surface area contributed by atoms with E-state index in [0.717, 1.165) is 18.2 Å². The van der Waals surface area contributed by atoms with Crippen molar-refractivity contribution in [3.05, 3.63) is 64.4 Å². The van der Waals surface area contributed by atoms with Crippen LogP contribution in [0.3, 0.4) is 0 Å². The Morgan fingerprint density at radius 2 is 1.95 bits per heavy atom. The number of aromatic nitrogens is 1. The van der Waals surface area contributed by atoms with Crippen LogP contribution in [-0.4, -0.2) is 17.6 Å². The van der Waals surface area contributed by atoms with Gasteiger partial charge in [-0.05, 0) is 42.6 Å². The Kier molecular flexibility index (Phi) is 5.65. The van der Waals surface area contributed by atoms with Crippen LogP contribution in [0, 0.1) is 11.6 Å². The molecule has 0 bridgehead atoms. The SMILES string of the molecule is CCNC(Cc1ccncc1Cl)Cc1cccc(F)c1F. The topological polar surface area (TPSA) is 24.9 Å². The van der Waals surface area contributed by atoms with Crippen LogP contribution < -0.4 is 5.32 Å². The summed E-state index contributed by atoms with van der Waals surface area (Å²) in [5.74, 6) is -1.59. The lowest BCUT2D eigenvalue weighted by molar-refractivity contribution is 0.474.